The predicted octanol–water partition coefficient (Wildman–Crippen LogP) is 3.02. The third-order valence-electron chi connectivity index (χ3n) is 3.11. The maximum atomic E-state index is 12.4. The molecule has 1 aliphatic rings. The Morgan fingerprint density at radius 2 is 1.71 bits per heavy atom. The Balaban J connectivity index is 1.92. The fourth-order valence-electron chi connectivity index (χ4n) is 1.89. The van der Waals surface area contributed by atoms with Gasteiger partial charge in [-0.2, -0.15) is 18.3 Å². The first-order valence-electron chi connectivity index (χ1n) is 6.27. The molecule has 0 unspecified atom stereocenters. The van der Waals surface area contributed by atoms with Crippen LogP contribution in [-0.4, -0.2) is 47.7 Å². The quantitative estimate of drug-likeness (QED) is 0.477. The number of piperazine rings is 1. The van der Waals surface area contributed by atoms with Crippen LogP contribution in [-0.2, 0) is 6.18 Å². The third-order valence-corrected chi connectivity index (χ3v) is 3.35. The number of nitrogens with zero attached hydrogens (tertiary/aromatic N) is 3. The first-order valence-corrected chi connectivity index (χ1v) is 6.64. The van der Waals surface area contributed by atoms with Gasteiger partial charge in [-0.1, -0.05) is 12.1 Å². The summed E-state index contributed by atoms with van der Waals surface area (Å²) in [5, 5.41) is 5.44. The molecule has 21 heavy (non-hydrogen) atoms. The number of benzene rings is 1. The number of hydrogen-bond acceptors (Lipinski definition) is 3. The van der Waals surface area contributed by atoms with Crippen molar-refractivity contribution < 1.29 is 18.0 Å². The van der Waals surface area contributed by atoms with Crippen molar-refractivity contribution in [1.82, 2.24) is 9.91 Å². The van der Waals surface area contributed by atoms with Crippen molar-refractivity contribution in [2.45, 2.75) is 6.18 Å². The molecule has 0 aromatic heterocycles. The smallest absolute Gasteiger partial charge is 0.326 e. The number of carbonyl (C=O) groups is 1. The molecule has 2 rings (SSSR count). The molecular formula is C13H13ClF3N3O. The summed E-state index contributed by atoms with van der Waals surface area (Å²) in [5.41, 5.74) is -0.104. The first-order chi connectivity index (χ1) is 9.86. The summed E-state index contributed by atoms with van der Waals surface area (Å²) < 4.78 is 37.2. The lowest BCUT2D eigenvalue weighted by Gasteiger charge is -2.31. The van der Waals surface area contributed by atoms with E-state index < -0.39 is 17.1 Å². The lowest BCUT2D eigenvalue weighted by molar-refractivity contribution is -0.137. The number of amides is 1. The molecule has 0 spiro atoms. The predicted molar refractivity (Wildman–Crippen MR) is 73.4 cm³/mol. The van der Waals surface area contributed by atoms with Crippen LogP contribution in [0.5, 0.6) is 0 Å². The summed E-state index contributed by atoms with van der Waals surface area (Å²) >= 11 is 5.37. The van der Waals surface area contributed by atoms with E-state index in [1.54, 1.807) is 5.01 Å². The second-order valence-corrected chi connectivity index (χ2v) is 4.88. The van der Waals surface area contributed by atoms with Crippen molar-refractivity contribution in [1.29, 1.82) is 0 Å². The molecule has 1 heterocycles. The largest absolute Gasteiger partial charge is 0.416 e. The van der Waals surface area contributed by atoms with Gasteiger partial charge in [0.15, 0.2) is 0 Å². The standard InChI is InChI=1S/C13H13ClF3N3O/c14-12(21)19-5-7-20(8-6-19)18-9-10-1-3-11(4-2-10)13(15,16)17/h1-4,9H,5-8H2. The van der Waals surface area contributed by atoms with Crippen LogP contribution in [0, 0.1) is 0 Å². The van der Waals surface area contributed by atoms with E-state index in [1.165, 1.54) is 23.2 Å². The molecule has 8 heteroatoms. The summed E-state index contributed by atoms with van der Waals surface area (Å²) in [5.74, 6) is 0. The number of halogens is 4. The molecule has 114 valence electrons. The van der Waals surface area contributed by atoms with Crippen LogP contribution in [0.2, 0.25) is 0 Å². The van der Waals surface area contributed by atoms with E-state index in [-0.39, 0.29) is 0 Å². The SMILES string of the molecule is O=C(Cl)N1CCN(N=Cc2ccc(C(F)(F)F)cc2)CC1. The van der Waals surface area contributed by atoms with Crippen LogP contribution in [0.4, 0.5) is 18.0 Å². The van der Waals surface area contributed by atoms with Gasteiger partial charge >= 0.3 is 11.5 Å². The first kappa shape index (κ1) is 15.6. The molecule has 1 aromatic rings. The average molecular weight is 320 g/mol. The van der Waals surface area contributed by atoms with Crippen molar-refractivity contribution in [3.8, 4) is 0 Å². The van der Waals surface area contributed by atoms with Crippen LogP contribution in [0.1, 0.15) is 11.1 Å². The lowest BCUT2D eigenvalue weighted by Crippen LogP contribution is -2.45. The van der Waals surface area contributed by atoms with Crippen LogP contribution >= 0.6 is 11.6 Å². The molecule has 0 aliphatic carbocycles. The minimum absolute atomic E-state index is 0.479. The minimum Gasteiger partial charge on any atom is -0.326 e. The number of hydrogen-bond donors (Lipinski definition) is 0. The topological polar surface area (TPSA) is 35.9 Å². The summed E-state index contributed by atoms with van der Waals surface area (Å²) in [7, 11) is 0. The Morgan fingerprint density at radius 1 is 1.14 bits per heavy atom. The van der Waals surface area contributed by atoms with E-state index in [0.29, 0.717) is 31.7 Å². The van der Waals surface area contributed by atoms with Crippen LogP contribution < -0.4 is 0 Å². The van der Waals surface area contributed by atoms with Gasteiger partial charge in [-0.25, -0.2) is 0 Å². The molecule has 0 radical (unpaired) electrons. The molecule has 1 saturated heterocycles. The number of rotatable bonds is 2. The number of carbonyl (C=O) groups excluding carboxylic acids is 1. The maximum absolute atomic E-state index is 12.4. The highest BCUT2D eigenvalue weighted by molar-refractivity contribution is 6.62. The Bertz CT molecular complexity index is 522. The van der Waals surface area contributed by atoms with Gasteiger partial charge in [0.05, 0.1) is 24.9 Å². The molecule has 0 saturated carbocycles. The summed E-state index contributed by atoms with van der Waals surface area (Å²) in [4.78, 5) is 12.4. The van der Waals surface area contributed by atoms with E-state index in [1.807, 2.05) is 0 Å². The van der Waals surface area contributed by atoms with E-state index in [2.05, 4.69) is 5.10 Å². The fourth-order valence-corrected chi connectivity index (χ4v) is 2.06. The second kappa shape index (κ2) is 6.34. The van der Waals surface area contributed by atoms with Gasteiger partial charge in [0.1, 0.15) is 0 Å². The minimum atomic E-state index is -4.33. The molecule has 1 fully saturated rings. The van der Waals surface area contributed by atoms with Crippen molar-refractivity contribution >= 4 is 23.2 Å². The third kappa shape index (κ3) is 4.35. The maximum Gasteiger partial charge on any atom is 0.416 e. The zero-order valence-electron chi connectivity index (χ0n) is 11.0. The zero-order valence-corrected chi connectivity index (χ0v) is 11.7. The van der Waals surface area contributed by atoms with E-state index >= 15 is 0 Å². The van der Waals surface area contributed by atoms with Gasteiger partial charge in [-0.3, -0.25) is 9.80 Å². The second-order valence-electron chi connectivity index (χ2n) is 4.56. The molecule has 4 nitrogen and oxygen atoms in total. The van der Waals surface area contributed by atoms with Gasteiger partial charge in [-0.15, -0.1) is 0 Å². The highest BCUT2D eigenvalue weighted by Gasteiger charge is 2.29. The fraction of sp³-hybridized carbons (Fsp3) is 0.385. The van der Waals surface area contributed by atoms with E-state index in [9.17, 15) is 18.0 Å². The van der Waals surface area contributed by atoms with Crippen molar-refractivity contribution in [2.75, 3.05) is 26.2 Å². The molecule has 0 atom stereocenters. The number of hydrazone groups is 1. The Labute approximate surface area is 124 Å². The van der Waals surface area contributed by atoms with E-state index in [4.69, 9.17) is 11.6 Å². The van der Waals surface area contributed by atoms with Gasteiger partial charge in [0, 0.05) is 13.1 Å². The van der Waals surface area contributed by atoms with Gasteiger partial charge in [-0.05, 0) is 29.3 Å². The van der Waals surface area contributed by atoms with Crippen molar-refractivity contribution in [2.24, 2.45) is 5.10 Å². The van der Waals surface area contributed by atoms with Crippen LogP contribution in [0.25, 0.3) is 0 Å². The molecule has 0 bridgehead atoms. The van der Waals surface area contributed by atoms with Gasteiger partial charge < -0.3 is 4.90 Å². The summed E-state index contributed by atoms with van der Waals surface area (Å²) in [6.07, 6.45) is -2.83. The normalized spacial score (nSPS) is 16.6. The average Bonchev–Trinajstić information content (AvgIpc) is 2.45. The Hall–Kier alpha value is -1.76. The number of alkyl halides is 3. The molecule has 1 amide bonds. The van der Waals surface area contributed by atoms with Crippen LogP contribution in [0.3, 0.4) is 0 Å². The monoisotopic (exact) mass is 319 g/mol. The summed E-state index contributed by atoms with van der Waals surface area (Å²) in [6.45, 7) is 2.03. The molecular weight excluding hydrogens is 307 g/mol. The van der Waals surface area contributed by atoms with Crippen molar-refractivity contribution in [3.63, 3.8) is 0 Å². The lowest BCUT2D eigenvalue weighted by atomic mass is 10.1. The van der Waals surface area contributed by atoms with Gasteiger partial charge in [0.25, 0.3) is 0 Å². The van der Waals surface area contributed by atoms with Crippen LogP contribution in [0.15, 0.2) is 29.4 Å². The summed E-state index contributed by atoms with van der Waals surface area (Å²) in [6, 6.07) is 4.77. The Kier molecular flexibility index (Phi) is 4.72. The highest BCUT2D eigenvalue weighted by atomic mass is 35.5. The zero-order chi connectivity index (χ0) is 15.5. The van der Waals surface area contributed by atoms with Gasteiger partial charge in [0.2, 0.25) is 0 Å². The molecule has 0 N–H and O–H groups in total. The van der Waals surface area contributed by atoms with E-state index in [0.717, 1.165) is 12.1 Å². The molecule has 1 aromatic carbocycles. The Morgan fingerprint density at radius 3 is 2.19 bits per heavy atom. The highest BCUT2D eigenvalue weighted by Crippen LogP contribution is 2.28. The molecule has 1 aliphatic heterocycles. The van der Waals surface area contributed by atoms with Crippen molar-refractivity contribution in [3.05, 3.63) is 35.4 Å².